The fourth-order valence-electron chi connectivity index (χ4n) is 1.68. The predicted molar refractivity (Wildman–Crippen MR) is 50.6 cm³/mol. The van der Waals surface area contributed by atoms with Crippen LogP contribution >= 0.6 is 7.60 Å². The third-order valence-corrected chi connectivity index (χ3v) is 4.45. The van der Waals surface area contributed by atoms with Gasteiger partial charge in [0, 0.05) is 0 Å². The Kier molecular flexibility index (Phi) is 4.83. The molecule has 1 unspecified atom stereocenters. The zero-order chi connectivity index (χ0) is 12.3. The summed E-state index contributed by atoms with van der Waals surface area (Å²) in [5, 5.41) is -1.94. The summed E-state index contributed by atoms with van der Waals surface area (Å²) in [6, 6.07) is 0. The van der Waals surface area contributed by atoms with Gasteiger partial charge in [0.15, 0.2) is 0 Å². The Labute approximate surface area is 86.8 Å². The maximum atomic E-state index is 12.2. The molecule has 0 saturated carbocycles. The van der Waals surface area contributed by atoms with Gasteiger partial charge in [-0.25, -0.2) is 0 Å². The van der Waals surface area contributed by atoms with Crippen LogP contribution in [0, 0.1) is 0 Å². The zero-order valence-electron chi connectivity index (χ0n) is 8.71. The van der Waals surface area contributed by atoms with Crippen LogP contribution in [0.5, 0.6) is 0 Å². The van der Waals surface area contributed by atoms with Crippen molar-refractivity contribution in [3.05, 3.63) is 0 Å². The zero-order valence-corrected chi connectivity index (χ0v) is 9.61. The summed E-state index contributed by atoms with van der Waals surface area (Å²) in [6.45, 7) is 2.98. The van der Waals surface area contributed by atoms with Gasteiger partial charge in [-0.05, 0) is 12.8 Å². The fourth-order valence-corrected chi connectivity index (χ4v) is 3.00. The summed E-state index contributed by atoms with van der Waals surface area (Å²) >= 11 is 0. The molecule has 0 saturated heterocycles. The third kappa shape index (κ3) is 4.13. The molecule has 3 nitrogen and oxygen atoms in total. The summed E-state index contributed by atoms with van der Waals surface area (Å²) in [6.07, 6.45) is -5.95. The van der Waals surface area contributed by atoms with Crippen molar-refractivity contribution in [2.24, 2.45) is 0 Å². The standard InChI is InChI=1S/C8H16F3O3P/c1-3-5-7(4-2,15(12,13)14)6-8(9,10)11/h3-6H2,1-2H3,(H2,12,13,14). The van der Waals surface area contributed by atoms with Gasteiger partial charge in [0.1, 0.15) is 0 Å². The lowest BCUT2D eigenvalue weighted by atomic mass is 9.95. The number of hydrogen-bond acceptors (Lipinski definition) is 1. The minimum Gasteiger partial charge on any atom is -0.324 e. The second-order valence-corrected chi connectivity index (χ2v) is 5.70. The molecule has 0 rings (SSSR count). The number of hydrogen-bond donors (Lipinski definition) is 2. The minimum absolute atomic E-state index is 0.118. The summed E-state index contributed by atoms with van der Waals surface area (Å²) in [5.74, 6) is 0. The molecule has 0 amide bonds. The van der Waals surface area contributed by atoms with Crippen LogP contribution in [0.2, 0.25) is 0 Å². The highest BCUT2D eigenvalue weighted by Crippen LogP contribution is 2.59. The van der Waals surface area contributed by atoms with Crippen LogP contribution in [0.15, 0.2) is 0 Å². The molecule has 0 aliphatic heterocycles. The van der Waals surface area contributed by atoms with Crippen molar-refractivity contribution in [1.29, 1.82) is 0 Å². The molecule has 0 aliphatic rings. The largest absolute Gasteiger partial charge is 0.390 e. The topological polar surface area (TPSA) is 57.5 Å². The van der Waals surface area contributed by atoms with Gasteiger partial charge in [0.25, 0.3) is 0 Å². The van der Waals surface area contributed by atoms with Crippen molar-refractivity contribution >= 4 is 7.60 Å². The lowest BCUT2D eigenvalue weighted by Gasteiger charge is -2.33. The summed E-state index contributed by atoms with van der Waals surface area (Å²) in [7, 11) is -4.74. The van der Waals surface area contributed by atoms with Gasteiger partial charge < -0.3 is 9.79 Å². The van der Waals surface area contributed by atoms with Gasteiger partial charge in [-0.3, -0.25) is 4.57 Å². The maximum Gasteiger partial charge on any atom is 0.390 e. The Morgan fingerprint density at radius 2 is 1.67 bits per heavy atom. The lowest BCUT2D eigenvalue weighted by Crippen LogP contribution is -2.34. The second-order valence-electron chi connectivity index (χ2n) is 3.66. The normalized spacial score (nSPS) is 17.5. The van der Waals surface area contributed by atoms with Crippen LogP contribution in [0.25, 0.3) is 0 Å². The lowest BCUT2D eigenvalue weighted by molar-refractivity contribution is -0.143. The SMILES string of the molecule is CCCC(CC)(CC(F)(F)F)P(=O)(O)O. The molecule has 0 aromatic rings. The summed E-state index contributed by atoms with van der Waals surface area (Å²) < 4.78 is 47.9. The van der Waals surface area contributed by atoms with E-state index in [2.05, 4.69) is 0 Å². The third-order valence-electron chi connectivity index (χ3n) is 2.52. The van der Waals surface area contributed by atoms with E-state index < -0.39 is 25.3 Å². The van der Waals surface area contributed by atoms with E-state index in [9.17, 15) is 17.7 Å². The molecule has 0 aromatic carbocycles. The van der Waals surface area contributed by atoms with E-state index in [1.807, 2.05) is 0 Å². The number of rotatable bonds is 5. The summed E-state index contributed by atoms with van der Waals surface area (Å²) in [5.41, 5.74) is 0. The molecule has 92 valence electrons. The Bertz CT molecular complexity index is 248. The van der Waals surface area contributed by atoms with Crippen molar-refractivity contribution in [3.63, 3.8) is 0 Å². The van der Waals surface area contributed by atoms with E-state index in [0.29, 0.717) is 6.42 Å². The smallest absolute Gasteiger partial charge is 0.324 e. The van der Waals surface area contributed by atoms with Crippen LogP contribution in [-0.4, -0.2) is 21.1 Å². The van der Waals surface area contributed by atoms with Gasteiger partial charge in [-0.15, -0.1) is 0 Å². The van der Waals surface area contributed by atoms with Crippen LogP contribution in [-0.2, 0) is 4.57 Å². The second kappa shape index (κ2) is 4.85. The van der Waals surface area contributed by atoms with Gasteiger partial charge in [-0.1, -0.05) is 20.3 Å². The van der Waals surface area contributed by atoms with E-state index in [0.717, 1.165) is 0 Å². The van der Waals surface area contributed by atoms with Gasteiger partial charge in [0.05, 0.1) is 11.6 Å². The predicted octanol–water partition coefficient (Wildman–Crippen LogP) is 3.07. The average molecular weight is 248 g/mol. The average Bonchev–Trinajstić information content (AvgIpc) is 1.98. The molecule has 0 aliphatic carbocycles. The van der Waals surface area contributed by atoms with E-state index >= 15 is 0 Å². The molecule has 0 bridgehead atoms. The van der Waals surface area contributed by atoms with Gasteiger partial charge in [0.2, 0.25) is 0 Å². The Hall–Kier alpha value is -0.0600. The molecule has 15 heavy (non-hydrogen) atoms. The first kappa shape index (κ1) is 14.9. The van der Waals surface area contributed by atoms with Crippen molar-refractivity contribution in [2.75, 3.05) is 0 Å². The molecule has 0 aromatic heterocycles. The van der Waals surface area contributed by atoms with Crippen molar-refractivity contribution < 1.29 is 27.5 Å². The fraction of sp³-hybridized carbons (Fsp3) is 1.00. The molecule has 0 heterocycles. The molecular formula is C8H16F3O3P. The Morgan fingerprint density at radius 3 is 1.87 bits per heavy atom. The van der Waals surface area contributed by atoms with Crippen molar-refractivity contribution in [1.82, 2.24) is 0 Å². The Morgan fingerprint density at radius 1 is 1.20 bits per heavy atom. The highest BCUT2D eigenvalue weighted by molar-refractivity contribution is 7.53. The molecule has 0 radical (unpaired) electrons. The maximum absolute atomic E-state index is 12.2. The first-order chi connectivity index (χ1) is 6.58. The minimum atomic E-state index is -4.74. The number of alkyl halides is 3. The first-order valence-electron chi connectivity index (χ1n) is 4.70. The van der Waals surface area contributed by atoms with Crippen LogP contribution in [0.4, 0.5) is 13.2 Å². The van der Waals surface area contributed by atoms with Gasteiger partial charge in [-0.2, -0.15) is 13.2 Å². The van der Waals surface area contributed by atoms with E-state index in [1.165, 1.54) is 6.92 Å². The molecule has 0 spiro atoms. The molecule has 1 atom stereocenters. The Balaban J connectivity index is 5.08. The van der Waals surface area contributed by atoms with Crippen LogP contribution < -0.4 is 0 Å². The van der Waals surface area contributed by atoms with Crippen LogP contribution in [0.1, 0.15) is 39.5 Å². The van der Waals surface area contributed by atoms with E-state index in [4.69, 9.17) is 9.79 Å². The van der Waals surface area contributed by atoms with Gasteiger partial charge >= 0.3 is 13.8 Å². The van der Waals surface area contributed by atoms with E-state index in [1.54, 1.807) is 6.92 Å². The molecule has 2 N–H and O–H groups in total. The van der Waals surface area contributed by atoms with Crippen LogP contribution in [0.3, 0.4) is 0 Å². The highest BCUT2D eigenvalue weighted by Gasteiger charge is 2.51. The quantitative estimate of drug-likeness (QED) is 0.735. The molecule has 7 heteroatoms. The van der Waals surface area contributed by atoms with Crippen molar-refractivity contribution in [3.8, 4) is 0 Å². The highest BCUT2D eigenvalue weighted by atomic mass is 31.2. The summed E-state index contributed by atoms with van der Waals surface area (Å²) in [4.78, 5) is 18.1. The molecule has 0 fully saturated rings. The van der Waals surface area contributed by atoms with E-state index in [-0.39, 0.29) is 12.8 Å². The molecular weight excluding hydrogens is 232 g/mol. The number of halogens is 3. The van der Waals surface area contributed by atoms with Crippen molar-refractivity contribution in [2.45, 2.75) is 50.9 Å². The first-order valence-corrected chi connectivity index (χ1v) is 6.31. The monoisotopic (exact) mass is 248 g/mol.